The van der Waals surface area contributed by atoms with E-state index < -0.39 is 6.10 Å². The predicted molar refractivity (Wildman–Crippen MR) is 358 cm³/mol. The molecule has 0 rings (SSSR count). The van der Waals surface area contributed by atoms with Crippen molar-refractivity contribution in [3.63, 3.8) is 0 Å². The van der Waals surface area contributed by atoms with Crippen LogP contribution in [-0.4, -0.2) is 37.2 Å². The predicted octanol–water partition coefficient (Wildman–Crippen LogP) is 24.6. The first-order valence-electron chi connectivity index (χ1n) is 35.6. The SMILES string of the molecule is CC/C=C\C/C=C\C/C=C\C/C=C\CCCCCCCCCCCCCCCCCCC(=O)OCC(COC(=O)CCCCCCC/C=C\CCCCCCCCC)OC(=O)CCCCCCCCCCC/C=C\C/C=C\CCCCC. The van der Waals surface area contributed by atoms with Gasteiger partial charge in [-0.3, -0.25) is 14.4 Å². The lowest BCUT2D eigenvalue weighted by Crippen LogP contribution is -2.30. The highest BCUT2D eigenvalue weighted by molar-refractivity contribution is 5.71. The average molecular weight is 1140 g/mol. The summed E-state index contributed by atoms with van der Waals surface area (Å²) in [5, 5.41) is 0. The molecule has 0 aromatic heterocycles. The lowest BCUT2D eigenvalue weighted by atomic mass is 10.0. The van der Waals surface area contributed by atoms with Gasteiger partial charge in [-0.15, -0.1) is 0 Å². The van der Waals surface area contributed by atoms with Gasteiger partial charge in [-0.05, 0) is 116 Å². The summed E-state index contributed by atoms with van der Waals surface area (Å²) in [6, 6.07) is 0. The fourth-order valence-electron chi connectivity index (χ4n) is 10.3. The summed E-state index contributed by atoms with van der Waals surface area (Å²) in [6.07, 6.45) is 93.2. The Hall–Kier alpha value is -3.41. The summed E-state index contributed by atoms with van der Waals surface area (Å²) in [5.41, 5.74) is 0. The van der Waals surface area contributed by atoms with Gasteiger partial charge in [0.2, 0.25) is 0 Å². The van der Waals surface area contributed by atoms with Crippen LogP contribution in [0.5, 0.6) is 0 Å². The molecular weight excluding hydrogens is 1010 g/mol. The maximum atomic E-state index is 13.0. The van der Waals surface area contributed by atoms with Gasteiger partial charge < -0.3 is 14.2 Å². The number of ether oxygens (including phenoxy) is 3. The van der Waals surface area contributed by atoms with Crippen molar-refractivity contribution in [1.82, 2.24) is 0 Å². The van der Waals surface area contributed by atoms with Gasteiger partial charge in [0.05, 0.1) is 0 Å². The van der Waals surface area contributed by atoms with E-state index in [4.69, 9.17) is 14.2 Å². The smallest absolute Gasteiger partial charge is 0.306 e. The van der Waals surface area contributed by atoms with E-state index in [0.717, 1.165) is 96.3 Å². The first-order chi connectivity index (χ1) is 40.5. The fraction of sp³-hybridized carbons (Fsp3) is 0.776. The van der Waals surface area contributed by atoms with Crippen LogP contribution in [0.3, 0.4) is 0 Å². The highest BCUT2D eigenvalue weighted by atomic mass is 16.6. The molecule has 0 spiro atoms. The van der Waals surface area contributed by atoms with Crippen LogP contribution in [-0.2, 0) is 28.6 Å². The summed E-state index contributed by atoms with van der Waals surface area (Å²) in [6.45, 7) is 6.54. The van der Waals surface area contributed by atoms with Gasteiger partial charge in [-0.25, -0.2) is 0 Å². The van der Waals surface area contributed by atoms with Crippen molar-refractivity contribution >= 4 is 17.9 Å². The van der Waals surface area contributed by atoms with Gasteiger partial charge >= 0.3 is 17.9 Å². The molecule has 1 atom stereocenters. The molecule has 6 heteroatoms. The average Bonchev–Trinajstić information content (AvgIpc) is 3.47. The topological polar surface area (TPSA) is 78.9 Å². The lowest BCUT2D eigenvalue weighted by molar-refractivity contribution is -0.167. The van der Waals surface area contributed by atoms with Crippen molar-refractivity contribution in [1.29, 1.82) is 0 Å². The third kappa shape index (κ3) is 67.4. The quantitative estimate of drug-likeness (QED) is 0.0261. The Morgan fingerprint density at radius 1 is 0.256 bits per heavy atom. The molecule has 1 unspecified atom stereocenters. The Labute approximate surface area is 509 Å². The van der Waals surface area contributed by atoms with E-state index in [9.17, 15) is 14.4 Å². The van der Waals surface area contributed by atoms with Crippen LogP contribution < -0.4 is 0 Å². The standard InChI is InChI=1S/C76H134O6/c1-4-7-10-13-16-19-22-25-28-31-33-34-35-36-37-38-39-40-41-42-44-45-48-51-54-57-60-63-66-69-75(78)81-72-73(71-80-74(77)68-65-62-59-56-53-50-47-30-27-24-21-18-15-12-9-6-3)82-76(79)70-67-64-61-58-55-52-49-46-43-32-29-26-23-20-17-14-11-8-5-2/h7,10,16-17,19-20,25-26,28-30,33-34,47,73H,4-6,8-9,11-15,18,21-24,27,31-32,35-46,48-72H2,1-3H3/b10-7-,19-16-,20-17-,28-25-,29-26-,34-33-,47-30-. The number of carbonyl (C=O) groups is 3. The molecule has 0 aromatic carbocycles. The molecule has 0 amide bonds. The highest BCUT2D eigenvalue weighted by Crippen LogP contribution is 2.17. The number of rotatable bonds is 65. The van der Waals surface area contributed by atoms with Crippen molar-refractivity contribution in [3.05, 3.63) is 85.1 Å². The zero-order valence-corrected chi connectivity index (χ0v) is 54.5. The third-order valence-electron chi connectivity index (χ3n) is 15.6. The Morgan fingerprint density at radius 2 is 0.476 bits per heavy atom. The number of allylic oxidation sites excluding steroid dienone is 14. The fourth-order valence-corrected chi connectivity index (χ4v) is 10.3. The number of hydrogen-bond donors (Lipinski definition) is 0. The molecule has 0 aliphatic carbocycles. The molecule has 0 aliphatic heterocycles. The molecule has 474 valence electrons. The largest absolute Gasteiger partial charge is 0.462 e. The molecule has 0 saturated carbocycles. The van der Waals surface area contributed by atoms with Gasteiger partial charge in [0.1, 0.15) is 13.2 Å². The minimum absolute atomic E-state index is 0.0774. The second kappa shape index (κ2) is 70.1. The molecule has 0 heterocycles. The van der Waals surface area contributed by atoms with Gasteiger partial charge in [0, 0.05) is 19.3 Å². The van der Waals surface area contributed by atoms with Crippen molar-refractivity contribution in [2.75, 3.05) is 13.2 Å². The van der Waals surface area contributed by atoms with Gasteiger partial charge in [0.25, 0.3) is 0 Å². The molecule has 0 radical (unpaired) electrons. The van der Waals surface area contributed by atoms with E-state index >= 15 is 0 Å². The Kier molecular flexibility index (Phi) is 67.2. The maximum Gasteiger partial charge on any atom is 0.306 e. The molecule has 0 aliphatic rings. The molecule has 0 fully saturated rings. The summed E-state index contributed by atoms with van der Waals surface area (Å²) >= 11 is 0. The van der Waals surface area contributed by atoms with Crippen LogP contribution in [0.1, 0.15) is 361 Å². The highest BCUT2D eigenvalue weighted by Gasteiger charge is 2.19. The van der Waals surface area contributed by atoms with E-state index in [0.29, 0.717) is 19.3 Å². The maximum absolute atomic E-state index is 13.0. The summed E-state index contributed by atoms with van der Waals surface area (Å²) in [4.78, 5) is 38.5. The van der Waals surface area contributed by atoms with E-state index in [2.05, 4.69) is 106 Å². The molecule has 0 bridgehead atoms. The van der Waals surface area contributed by atoms with E-state index in [1.807, 2.05) is 0 Å². The first-order valence-corrected chi connectivity index (χ1v) is 35.6. The summed E-state index contributed by atoms with van der Waals surface area (Å²) in [7, 11) is 0. The van der Waals surface area contributed by atoms with Crippen LogP contribution in [0.4, 0.5) is 0 Å². The second-order valence-electron chi connectivity index (χ2n) is 23.8. The summed E-state index contributed by atoms with van der Waals surface area (Å²) in [5.74, 6) is -0.870. The van der Waals surface area contributed by atoms with Gasteiger partial charge in [-0.2, -0.15) is 0 Å². The Morgan fingerprint density at radius 3 is 0.780 bits per heavy atom. The first kappa shape index (κ1) is 78.6. The van der Waals surface area contributed by atoms with Crippen LogP contribution >= 0.6 is 0 Å². The van der Waals surface area contributed by atoms with E-state index in [1.165, 1.54) is 225 Å². The van der Waals surface area contributed by atoms with Crippen molar-refractivity contribution in [2.24, 2.45) is 0 Å². The molecule has 0 aromatic rings. The van der Waals surface area contributed by atoms with E-state index in [1.54, 1.807) is 0 Å². The molecule has 6 nitrogen and oxygen atoms in total. The normalized spacial score (nSPS) is 12.6. The molecule has 0 N–H and O–H groups in total. The van der Waals surface area contributed by atoms with E-state index in [-0.39, 0.29) is 31.1 Å². The molecular formula is C76H134O6. The Balaban J connectivity index is 4.28. The molecule has 82 heavy (non-hydrogen) atoms. The van der Waals surface area contributed by atoms with Crippen molar-refractivity contribution in [3.8, 4) is 0 Å². The number of carbonyl (C=O) groups excluding carboxylic acids is 3. The van der Waals surface area contributed by atoms with Crippen LogP contribution in [0, 0.1) is 0 Å². The zero-order valence-electron chi connectivity index (χ0n) is 54.5. The number of hydrogen-bond acceptors (Lipinski definition) is 6. The third-order valence-corrected chi connectivity index (χ3v) is 15.6. The van der Waals surface area contributed by atoms with Crippen LogP contribution in [0.25, 0.3) is 0 Å². The zero-order chi connectivity index (χ0) is 59.2. The lowest BCUT2D eigenvalue weighted by Gasteiger charge is -2.18. The minimum atomic E-state index is -0.783. The van der Waals surface area contributed by atoms with Crippen molar-refractivity contribution in [2.45, 2.75) is 367 Å². The van der Waals surface area contributed by atoms with Crippen LogP contribution in [0.2, 0.25) is 0 Å². The monoisotopic (exact) mass is 1140 g/mol. The van der Waals surface area contributed by atoms with Crippen LogP contribution in [0.15, 0.2) is 85.1 Å². The number of esters is 3. The number of unbranched alkanes of at least 4 members (excludes halogenated alkanes) is 40. The molecule has 0 saturated heterocycles. The minimum Gasteiger partial charge on any atom is -0.462 e. The summed E-state index contributed by atoms with van der Waals surface area (Å²) < 4.78 is 17.0. The van der Waals surface area contributed by atoms with Gasteiger partial charge in [0.15, 0.2) is 6.10 Å². The van der Waals surface area contributed by atoms with Crippen molar-refractivity contribution < 1.29 is 28.6 Å². The second-order valence-corrected chi connectivity index (χ2v) is 23.8. The Bertz CT molecular complexity index is 1550. The van der Waals surface area contributed by atoms with Gasteiger partial charge in [-0.1, -0.05) is 311 Å².